The second-order valence-corrected chi connectivity index (χ2v) is 3.95. The van der Waals surface area contributed by atoms with Crippen LogP contribution in [0.4, 0.5) is 0 Å². The molecule has 1 aliphatic heterocycles. The van der Waals surface area contributed by atoms with Gasteiger partial charge in [-0.3, -0.25) is 4.79 Å². The van der Waals surface area contributed by atoms with Crippen LogP contribution in [0, 0.1) is 5.92 Å². The molecule has 1 amide bonds. The Morgan fingerprint density at radius 2 is 2.43 bits per heavy atom. The van der Waals surface area contributed by atoms with E-state index in [1.807, 2.05) is 0 Å². The average Bonchev–Trinajstić information content (AvgIpc) is 2.53. The third kappa shape index (κ3) is 4.07. The summed E-state index contributed by atoms with van der Waals surface area (Å²) < 4.78 is 0. The third-order valence-corrected chi connectivity index (χ3v) is 2.71. The van der Waals surface area contributed by atoms with Crippen molar-refractivity contribution in [2.45, 2.75) is 19.8 Å². The Morgan fingerprint density at radius 1 is 1.64 bits per heavy atom. The topological polar surface area (TPSA) is 52.6 Å². The Hall–Kier alpha value is -0.610. The molecular weight excluding hydrogens is 180 g/mol. The molecule has 4 heteroatoms. The number of amides is 1. The van der Waals surface area contributed by atoms with E-state index >= 15 is 0 Å². The number of carbonyl (C=O) groups excluding carboxylic acids is 1. The van der Waals surface area contributed by atoms with Crippen LogP contribution in [0.15, 0.2) is 0 Å². The van der Waals surface area contributed by atoms with Crippen LogP contribution in [0.25, 0.3) is 0 Å². The van der Waals surface area contributed by atoms with Crippen molar-refractivity contribution in [2.24, 2.45) is 5.92 Å². The van der Waals surface area contributed by atoms with Crippen LogP contribution in [0.3, 0.4) is 0 Å². The summed E-state index contributed by atoms with van der Waals surface area (Å²) in [6.07, 6.45) is 2.09. The predicted octanol–water partition coefficient (Wildman–Crippen LogP) is -0.173. The van der Waals surface area contributed by atoms with E-state index in [4.69, 9.17) is 5.11 Å². The molecule has 82 valence electrons. The summed E-state index contributed by atoms with van der Waals surface area (Å²) in [5.74, 6) is 0.688. The van der Waals surface area contributed by atoms with Gasteiger partial charge in [0, 0.05) is 33.2 Å². The highest BCUT2D eigenvalue weighted by Crippen LogP contribution is 2.18. The quantitative estimate of drug-likeness (QED) is 0.647. The Morgan fingerprint density at radius 3 is 3.07 bits per heavy atom. The molecule has 4 nitrogen and oxygen atoms in total. The summed E-state index contributed by atoms with van der Waals surface area (Å²) in [5.41, 5.74) is 0. The zero-order valence-electron chi connectivity index (χ0n) is 8.83. The summed E-state index contributed by atoms with van der Waals surface area (Å²) >= 11 is 0. The van der Waals surface area contributed by atoms with E-state index in [1.165, 1.54) is 6.42 Å². The van der Waals surface area contributed by atoms with Gasteiger partial charge in [-0.1, -0.05) is 0 Å². The minimum atomic E-state index is 0.0381. The van der Waals surface area contributed by atoms with Crippen molar-refractivity contribution in [1.82, 2.24) is 10.2 Å². The van der Waals surface area contributed by atoms with E-state index in [-0.39, 0.29) is 5.91 Å². The van der Waals surface area contributed by atoms with Crippen molar-refractivity contribution < 1.29 is 9.90 Å². The molecule has 0 saturated carbocycles. The average molecular weight is 200 g/mol. The van der Waals surface area contributed by atoms with E-state index in [0.717, 1.165) is 32.6 Å². The Bertz CT molecular complexity index is 185. The first-order chi connectivity index (χ1) is 6.72. The van der Waals surface area contributed by atoms with E-state index < -0.39 is 0 Å². The molecule has 0 bridgehead atoms. The normalized spacial score (nSPS) is 22.6. The number of rotatable bonds is 5. The third-order valence-electron chi connectivity index (χ3n) is 2.71. The molecule has 1 heterocycles. The zero-order valence-corrected chi connectivity index (χ0v) is 8.83. The van der Waals surface area contributed by atoms with Gasteiger partial charge in [0.1, 0.15) is 0 Å². The molecule has 0 aromatic rings. The first-order valence-electron chi connectivity index (χ1n) is 5.30. The molecule has 1 aliphatic rings. The van der Waals surface area contributed by atoms with Gasteiger partial charge < -0.3 is 15.3 Å². The number of aliphatic hydroxyl groups excluding tert-OH is 1. The van der Waals surface area contributed by atoms with Gasteiger partial charge in [-0.15, -0.1) is 0 Å². The second kappa shape index (κ2) is 5.98. The van der Waals surface area contributed by atoms with E-state index in [9.17, 15) is 4.79 Å². The fourth-order valence-corrected chi connectivity index (χ4v) is 1.92. The molecule has 1 atom stereocenters. The molecule has 1 unspecified atom stereocenters. The minimum absolute atomic E-state index is 0.0381. The fourth-order valence-electron chi connectivity index (χ4n) is 1.92. The molecule has 1 rings (SSSR count). The van der Waals surface area contributed by atoms with Gasteiger partial charge in [-0.05, 0) is 25.3 Å². The maximum absolute atomic E-state index is 10.6. The molecular formula is C10H20N2O2. The van der Waals surface area contributed by atoms with Gasteiger partial charge in [0.15, 0.2) is 0 Å². The van der Waals surface area contributed by atoms with Crippen molar-refractivity contribution in [3.63, 3.8) is 0 Å². The molecule has 2 N–H and O–H groups in total. The first-order valence-corrected chi connectivity index (χ1v) is 5.30. The maximum Gasteiger partial charge on any atom is 0.216 e. The number of aliphatic hydroxyl groups is 1. The zero-order chi connectivity index (χ0) is 10.4. The van der Waals surface area contributed by atoms with E-state index in [0.29, 0.717) is 12.5 Å². The van der Waals surface area contributed by atoms with Crippen molar-refractivity contribution in [2.75, 3.05) is 32.8 Å². The van der Waals surface area contributed by atoms with Gasteiger partial charge in [0.05, 0.1) is 0 Å². The number of hydrogen-bond donors (Lipinski definition) is 2. The van der Waals surface area contributed by atoms with Gasteiger partial charge in [-0.25, -0.2) is 0 Å². The van der Waals surface area contributed by atoms with Gasteiger partial charge in [0.25, 0.3) is 0 Å². The number of carbonyl (C=O) groups is 1. The lowest BCUT2D eigenvalue weighted by Crippen LogP contribution is -2.32. The van der Waals surface area contributed by atoms with Crippen molar-refractivity contribution in [3.8, 4) is 0 Å². The van der Waals surface area contributed by atoms with Crippen LogP contribution in [0.2, 0.25) is 0 Å². The number of likely N-dealkylation sites (tertiary alicyclic amines) is 1. The predicted molar refractivity (Wildman–Crippen MR) is 54.9 cm³/mol. The molecule has 0 spiro atoms. The monoisotopic (exact) mass is 200 g/mol. The molecule has 1 fully saturated rings. The standard InChI is InChI=1S/C10H20N2O2/c1-9(14)11-4-6-12-5-2-10(8-12)3-7-13/h10,13H,2-8H2,1H3,(H,11,14). The first kappa shape index (κ1) is 11.5. The molecule has 1 saturated heterocycles. The Balaban J connectivity index is 2.07. The summed E-state index contributed by atoms with van der Waals surface area (Å²) in [4.78, 5) is 13.0. The van der Waals surface area contributed by atoms with Crippen LogP contribution in [-0.2, 0) is 4.79 Å². The van der Waals surface area contributed by atoms with E-state index in [2.05, 4.69) is 10.2 Å². The number of nitrogens with one attached hydrogen (secondary N) is 1. The molecule has 0 aromatic carbocycles. The van der Waals surface area contributed by atoms with Crippen LogP contribution >= 0.6 is 0 Å². The van der Waals surface area contributed by atoms with Crippen LogP contribution in [-0.4, -0.2) is 48.7 Å². The number of nitrogens with zero attached hydrogens (tertiary/aromatic N) is 1. The lowest BCUT2D eigenvalue weighted by atomic mass is 10.1. The molecule has 14 heavy (non-hydrogen) atoms. The second-order valence-electron chi connectivity index (χ2n) is 3.95. The maximum atomic E-state index is 10.6. The highest BCUT2D eigenvalue weighted by atomic mass is 16.3. The molecule has 0 aliphatic carbocycles. The highest BCUT2D eigenvalue weighted by Gasteiger charge is 2.21. The summed E-state index contributed by atoms with van der Waals surface area (Å²) in [7, 11) is 0. The summed E-state index contributed by atoms with van der Waals surface area (Å²) in [5, 5.41) is 11.6. The SMILES string of the molecule is CC(=O)NCCN1CCC(CCO)C1. The lowest BCUT2D eigenvalue weighted by Gasteiger charge is -2.15. The van der Waals surface area contributed by atoms with Crippen LogP contribution < -0.4 is 5.32 Å². The lowest BCUT2D eigenvalue weighted by molar-refractivity contribution is -0.119. The number of hydrogen-bond acceptors (Lipinski definition) is 3. The fraction of sp³-hybridized carbons (Fsp3) is 0.900. The van der Waals surface area contributed by atoms with Gasteiger partial charge >= 0.3 is 0 Å². The molecule has 0 aromatic heterocycles. The Kier molecular flexibility index (Phi) is 4.90. The van der Waals surface area contributed by atoms with Crippen LogP contribution in [0.5, 0.6) is 0 Å². The minimum Gasteiger partial charge on any atom is -0.396 e. The van der Waals surface area contributed by atoms with Gasteiger partial charge in [0.2, 0.25) is 5.91 Å². The Labute approximate surface area is 85.3 Å². The summed E-state index contributed by atoms with van der Waals surface area (Å²) in [6, 6.07) is 0. The summed E-state index contributed by atoms with van der Waals surface area (Å²) in [6.45, 7) is 5.68. The smallest absolute Gasteiger partial charge is 0.216 e. The van der Waals surface area contributed by atoms with Crippen molar-refractivity contribution in [3.05, 3.63) is 0 Å². The van der Waals surface area contributed by atoms with Crippen molar-refractivity contribution in [1.29, 1.82) is 0 Å². The largest absolute Gasteiger partial charge is 0.396 e. The van der Waals surface area contributed by atoms with E-state index in [1.54, 1.807) is 6.92 Å². The van der Waals surface area contributed by atoms with Crippen molar-refractivity contribution >= 4 is 5.91 Å². The molecule has 0 radical (unpaired) electrons. The highest BCUT2D eigenvalue weighted by molar-refractivity contribution is 5.72. The van der Waals surface area contributed by atoms with Crippen LogP contribution in [0.1, 0.15) is 19.8 Å². The van der Waals surface area contributed by atoms with Gasteiger partial charge in [-0.2, -0.15) is 0 Å².